The highest BCUT2D eigenvalue weighted by Crippen LogP contribution is 2.25. The molecule has 0 saturated heterocycles. The zero-order chi connectivity index (χ0) is 17.6. The summed E-state index contributed by atoms with van der Waals surface area (Å²) in [6.07, 6.45) is 1.49. The zero-order valence-electron chi connectivity index (χ0n) is 14.4. The Morgan fingerprint density at radius 1 is 1.30 bits per heavy atom. The van der Waals surface area contributed by atoms with Crippen molar-refractivity contribution in [3.05, 3.63) is 29.3 Å². The van der Waals surface area contributed by atoms with E-state index < -0.39 is 16.1 Å². The molecule has 1 unspecified atom stereocenters. The molecule has 0 aliphatic heterocycles. The summed E-state index contributed by atoms with van der Waals surface area (Å²) in [5, 5.41) is 2.71. The number of sulfonamides is 1. The number of hydrogen-bond acceptors (Lipinski definition) is 4. The van der Waals surface area contributed by atoms with Gasteiger partial charge < -0.3 is 10.1 Å². The van der Waals surface area contributed by atoms with Gasteiger partial charge in [0.1, 0.15) is 6.04 Å². The standard InChI is InChI=1S/C16H26N2O4S/c1-6-15(16(19)17-9-10-22-4)18(23(5,20)21)14-8-7-12(2)13(3)11-14/h7-8,11,15H,6,9-10H2,1-5H3,(H,17,19). The number of aryl methyl sites for hydroxylation is 2. The van der Waals surface area contributed by atoms with Crippen LogP contribution < -0.4 is 9.62 Å². The number of anilines is 1. The fourth-order valence-electron chi connectivity index (χ4n) is 2.32. The molecule has 0 bridgehead atoms. The number of nitrogens with zero attached hydrogens (tertiary/aromatic N) is 1. The van der Waals surface area contributed by atoms with E-state index in [4.69, 9.17) is 4.74 Å². The molecule has 0 radical (unpaired) electrons. The number of benzene rings is 1. The van der Waals surface area contributed by atoms with E-state index in [1.54, 1.807) is 26.2 Å². The van der Waals surface area contributed by atoms with E-state index in [9.17, 15) is 13.2 Å². The van der Waals surface area contributed by atoms with Gasteiger partial charge in [0, 0.05) is 13.7 Å². The van der Waals surface area contributed by atoms with Gasteiger partial charge in [0.25, 0.3) is 0 Å². The molecule has 6 nitrogen and oxygen atoms in total. The van der Waals surface area contributed by atoms with Crippen molar-refractivity contribution >= 4 is 21.6 Å². The van der Waals surface area contributed by atoms with E-state index in [0.29, 0.717) is 25.3 Å². The lowest BCUT2D eigenvalue weighted by Crippen LogP contribution is -2.49. The third-order valence-electron chi connectivity index (χ3n) is 3.68. The molecule has 7 heteroatoms. The molecule has 0 fully saturated rings. The fraction of sp³-hybridized carbons (Fsp3) is 0.562. The van der Waals surface area contributed by atoms with E-state index in [-0.39, 0.29) is 5.91 Å². The predicted molar refractivity (Wildman–Crippen MR) is 92.2 cm³/mol. The Morgan fingerprint density at radius 3 is 2.43 bits per heavy atom. The van der Waals surface area contributed by atoms with Crippen LogP contribution in [0.3, 0.4) is 0 Å². The largest absolute Gasteiger partial charge is 0.383 e. The Kier molecular flexibility index (Phi) is 7.02. The second-order valence-corrected chi connectivity index (χ2v) is 7.39. The summed E-state index contributed by atoms with van der Waals surface area (Å²) < 4.78 is 30.7. The van der Waals surface area contributed by atoms with Crippen molar-refractivity contribution in [2.24, 2.45) is 0 Å². The summed E-state index contributed by atoms with van der Waals surface area (Å²) in [5.74, 6) is -0.326. The van der Waals surface area contributed by atoms with Gasteiger partial charge in [0.2, 0.25) is 15.9 Å². The monoisotopic (exact) mass is 342 g/mol. The molecule has 0 saturated carbocycles. The molecule has 0 aliphatic carbocycles. The van der Waals surface area contributed by atoms with Crippen molar-refractivity contribution in [1.29, 1.82) is 0 Å². The SMILES string of the molecule is CCC(C(=O)NCCOC)N(c1ccc(C)c(C)c1)S(C)(=O)=O. The van der Waals surface area contributed by atoms with Crippen LogP contribution in [-0.2, 0) is 19.6 Å². The van der Waals surface area contributed by atoms with E-state index in [1.807, 2.05) is 19.9 Å². The topological polar surface area (TPSA) is 75.7 Å². The lowest BCUT2D eigenvalue weighted by molar-refractivity contribution is -0.122. The predicted octanol–water partition coefficient (Wildman–Crippen LogP) is 1.61. The minimum absolute atomic E-state index is 0.326. The highest BCUT2D eigenvalue weighted by molar-refractivity contribution is 7.92. The first-order chi connectivity index (χ1) is 10.7. The Hall–Kier alpha value is -1.60. The van der Waals surface area contributed by atoms with E-state index in [1.165, 1.54) is 4.31 Å². The first kappa shape index (κ1) is 19.4. The van der Waals surface area contributed by atoms with Crippen LogP contribution in [0.15, 0.2) is 18.2 Å². The molecular formula is C16H26N2O4S. The molecule has 0 aliphatic rings. The summed E-state index contributed by atoms with van der Waals surface area (Å²) in [7, 11) is -2.05. The number of rotatable bonds is 8. The molecule has 1 amide bonds. The summed E-state index contributed by atoms with van der Waals surface area (Å²) in [5.41, 5.74) is 2.55. The Morgan fingerprint density at radius 2 is 1.96 bits per heavy atom. The number of amides is 1. The fourth-order valence-corrected chi connectivity index (χ4v) is 3.52. The Bertz CT molecular complexity index is 643. The van der Waals surface area contributed by atoms with Gasteiger partial charge in [-0.05, 0) is 43.5 Å². The number of methoxy groups -OCH3 is 1. The maximum Gasteiger partial charge on any atom is 0.243 e. The summed E-state index contributed by atoms with van der Waals surface area (Å²) in [4.78, 5) is 12.4. The third-order valence-corrected chi connectivity index (χ3v) is 4.86. The van der Waals surface area contributed by atoms with Crippen LogP contribution in [0.1, 0.15) is 24.5 Å². The maximum atomic E-state index is 12.4. The number of carbonyl (C=O) groups excluding carboxylic acids is 1. The van der Waals surface area contributed by atoms with E-state index >= 15 is 0 Å². The van der Waals surface area contributed by atoms with Gasteiger partial charge in [-0.3, -0.25) is 9.10 Å². The quantitative estimate of drug-likeness (QED) is 0.728. The molecule has 1 aromatic carbocycles. The molecular weight excluding hydrogens is 316 g/mol. The average Bonchev–Trinajstić information content (AvgIpc) is 2.46. The molecule has 1 aromatic rings. The van der Waals surface area contributed by atoms with Crippen LogP contribution in [0.2, 0.25) is 0 Å². The highest BCUT2D eigenvalue weighted by atomic mass is 32.2. The summed E-state index contributed by atoms with van der Waals surface area (Å²) >= 11 is 0. The highest BCUT2D eigenvalue weighted by Gasteiger charge is 2.31. The van der Waals surface area contributed by atoms with Gasteiger partial charge in [-0.1, -0.05) is 13.0 Å². The molecule has 23 heavy (non-hydrogen) atoms. The molecule has 0 heterocycles. The van der Waals surface area contributed by atoms with Crippen molar-refractivity contribution in [2.45, 2.75) is 33.2 Å². The lowest BCUT2D eigenvalue weighted by atomic mass is 10.1. The molecule has 1 rings (SSSR count). The van der Waals surface area contributed by atoms with Gasteiger partial charge in [0.05, 0.1) is 18.6 Å². The molecule has 1 N–H and O–H groups in total. The minimum atomic E-state index is -3.59. The second kappa shape index (κ2) is 8.31. The molecule has 0 spiro atoms. The second-order valence-electron chi connectivity index (χ2n) is 5.54. The zero-order valence-corrected chi connectivity index (χ0v) is 15.2. The van der Waals surface area contributed by atoms with Gasteiger partial charge in [-0.2, -0.15) is 0 Å². The Labute approximate surface area is 138 Å². The van der Waals surface area contributed by atoms with Gasteiger partial charge in [0.15, 0.2) is 0 Å². The van der Waals surface area contributed by atoms with Crippen LogP contribution in [-0.4, -0.2) is 46.9 Å². The van der Waals surface area contributed by atoms with Crippen LogP contribution >= 0.6 is 0 Å². The van der Waals surface area contributed by atoms with Crippen molar-refractivity contribution in [2.75, 3.05) is 30.8 Å². The normalized spacial score (nSPS) is 12.7. The number of nitrogens with one attached hydrogen (secondary N) is 1. The van der Waals surface area contributed by atoms with Crippen molar-refractivity contribution < 1.29 is 17.9 Å². The maximum absolute atomic E-state index is 12.4. The number of hydrogen-bond donors (Lipinski definition) is 1. The summed E-state index contributed by atoms with van der Waals surface area (Å²) in [6, 6.07) is 4.60. The average molecular weight is 342 g/mol. The molecule has 1 atom stereocenters. The van der Waals surface area contributed by atoms with Crippen molar-refractivity contribution in [3.8, 4) is 0 Å². The van der Waals surface area contributed by atoms with Crippen LogP contribution in [0.25, 0.3) is 0 Å². The van der Waals surface area contributed by atoms with E-state index in [0.717, 1.165) is 17.4 Å². The molecule has 130 valence electrons. The number of carbonyl (C=O) groups is 1. The van der Waals surface area contributed by atoms with Crippen molar-refractivity contribution in [3.63, 3.8) is 0 Å². The smallest absolute Gasteiger partial charge is 0.243 e. The summed E-state index contributed by atoms with van der Waals surface area (Å²) in [6.45, 7) is 6.39. The van der Waals surface area contributed by atoms with Crippen LogP contribution in [0.4, 0.5) is 5.69 Å². The molecule has 0 aromatic heterocycles. The van der Waals surface area contributed by atoms with Crippen LogP contribution in [0, 0.1) is 13.8 Å². The van der Waals surface area contributed by atoms with Gasteiger partial charge in [-0.15, -0.1) is 0 Å². The van der Waals surface area contributed by atoms with Gasteiger partial charge >= 0.3 is 0 Å². The van der Waals surface area contributed by atoms with E-state index in [2.05, 4.69) is 5.32 Å². The Balaban J connectivity index is 3.18. The lowest BCUT2D eigenvalue weighted by Gasteiger charge is -2.30. The third kappa shape index (κ3) is 5.21. The van der Waals surface area contributed by atoms with Crippen LogP contribution in [0.5, 0.6) is 0 Å². The van der Waals surface area contributed by atoms with Crippen molar-refractivity contribution in [1.82, 2.24) is 5.32 Å². The number of ether oxygens (including phenoxy) is 1. The first-order valence-electron chi connectivity index (χ1n) is 7.55. The van der Waals surface area contributed by atoms with Gasteiger partial charge in [-0.25, -0.2) is 8.42 Å². The first-order valence-corrected chi connectivity index (χ1v) is 9.40. The minimum Gasteiger partial charge on any atom is -0.383 e.